The van der Waals surface area contributed by atoms with Crippen molar-refractivity contribution < 1.29 is 9.90 Å². The lowest BCUT2D eigenvalue weighted by Crippen LogP contribution is -2.57. The number of amides is 1. The van der Waals surface area contributed by atoms with Crippen LogP contribution >= 0.6 is 11.6 Å². The van der Waals surface area contributed by atoms with E-state index in [4.69, 9.17) is 11.6 Å². The van der Waals surface area contributed by atoms with Gasteiger partial charge in [-0.3, -0.25) is 14.8 Å². The summed E-state index contributed by atoms with van der Waals surface area (Å²) in [6, 6.07) is 11.5. The highest BCUT2D eigenvalue weighted by Gasteiger charge is 2.39. The first-order valence-electron chi connectivity index (χ1n) is 11.2. The van der Waals surface area contributed by atoms with Crippen molar-refractivity contribution >= 4 is 17.5 Å². The van der Waals surface area contributed by atoms with Crippen molar-refractivity contribution in [3.63, 3.8) is 0 Å². The number of hydrogen-bond donors (Lipinski definition) is 1. The number of halogens is 1. The van der Waals surface area contributed by atoms with Crippen LogP contribution in [0, 0.1) is 5.92 Å². The van der Waals surface area contributed by atoms with Crippen molar-refractivity contribution in [2.75, 3.05) is 13.1 Å². The van der Waals surface area contributed by atoms with E-state index in [9.17, 15) is 9.90 Å². The number of aromatic nitrogens is 2. The molecule has 0 saturated carbocycles. The number of carbonyl (C=O) groups is 1. The molecule has 1 amide bonds. The molecule has 5 nitrogen and oxygen atoms in total. The Kier molecular flexibility index (Phi) is 6.06. The summed E-state index contributed by atoms with van der Waals surface area (Å²) in [6.07, 6.45) is 5.44. The Bertz CT molecular complexity index is 1190. The first-order chi connectivity index (χ1) is 15.4. The van der Waals surface area contributed by atoms with E-state index in [2.05, 4.69) is 42.9 Å². The van der Waals surface area contributed by atoms with Gasteiger partial charge < -0.3 is 10.0 Å². The molecule has 3 heterocycles. The van der Waals surface area contributed by atoms with Crippen molar-refractivity contribution in [1.29, 1.82) is 0 Å². The van der Waals surface area contributed by atoms with E-state index in [-0.39, 0.29) is 17.2 Å². The number of likely N-dealkylation sites (tertiary alicyclic amines) is 1. The largest absolute Gasteiger partial charge is 0.390 e. The molecular weight excluding hydrogens is 434 g/mol. The van der Waals surface area contributed by atoms with Gasteiger partial charge in [0.2, 0.25) is 0 Å². The SMILES string of the molecule is CC(C)(C)c1cc(-c2cncc(-c3ccc(C(=O)N4CC(C(C)(C)O)C4)cc3Cl)c2)ccn1. The van der Waals surface area contributed by atoms with Crippen LogP contribution in [0.2, 0.25) is 5.02 Å². The number of pyridine rings is 2. The van der Waals surface area contributed by atoms with Gasteiger partial charge in [-0.1, -0.05) is 38.4 Å². The summed E-state index contributed by atoms with van der Waals surface area (Å²) >= 11 is 6.61. The van der Waals surface area contributed by atoms with E-state index < -0.39 is 5.60 Å². The summed E-state index contributed by atoms with van der Waals surface area (Å²) in [5.41, 5.74) is 4.48. The highest BCUT2D eigenvalue weighted by molar-refractivity contribution is 6.33. The van der Waals surface area contributed by atoms with Gasteiger partial charge in [-0.2, -0.15) is 0 Å². The number of nitrogens with zero attached hydrogens (tertiary/aromatic N) is 3. The van der Waals surface area contributed by atoms with Gasteiger partial charge in [-0.05, 0) is 49.7 Å². The van der Waals surface area contributed by atoms with Crippen molar-refractivity contribution in [1.82, 2.24) is 14.9 Å². The quantitative estimate of drug-likeness (QED) is 0.546. The Balaban J connectivity index is 1.57. The Morgan fingerprint density at radius 2 is 1.70 bits per heavy atom. The third kappa shape index (κ3) is 4.94. The third-order valence-electron chi connectivity index (χ3n) is 6.29. The van der Waals surface area contributed by atoms with Crippen molar-refractivity contribution in [2.45, 2.75) is 45.6 Å². The van der Waals surface area contributed by atoms with Crippen LogP contribution in [0.1, 0.15) is 50.7 Å². The van der Waals surface area contributed by atoms with E-state index in [0.29, 0.717) is 23.7 Å². The van der Waals surface area contributed by atoms with Gasteiger partial charge in [0.05, 0.1) is 5.60 Å². The van der Waals surface area contributed by atoms with Gasteiger partial charge in [0.1, 0.15) is 0 Å². The maximum atomic E-state index is 12.8. The minimum atomic E-state index is -0.779. The molecule has 2 aromatic heterocycles. The molecule has 0 aliphatic carbocycles. The average Bonchev–Trinajstić information content (AvgIpc) is 2.71. The predicted octanol–water partition coefficient (Wildman–Crippen LogP) is 5.60. The Morgan fingerprint density at radius 1 is 1.00 bits per heavy atom. The molecule has 1 N–H and O–H groups in total. The summed E-state index contributed by atoms with van der Waals surface area (Å²) in [7, 11) is 0. The zero-order chi connectivity index (χ0) is 24.0. The van der Waals surface area contributed by atoms with Crippen molar-refractivity contribution in [3.05, 3.63) is 71.3 Å². The second-order valence-electron chi connectivity index (χ2n) is 10.4. The number of rotatable bonds is 4. The molecule has 33 heavy (non-hydrogen) atoms. The molecule has 0 atom stereocenters. The first-order valence-corrected chi connectivity index (χ1v) is 11.5. The zero-order valence-corrected chi connectivity index (χ0v) is 20.5. The maximum absolute atomic E-state index is 12.8. The van der Waals surface area contributed by atoms with Crippen LogP contribution in [0.15, 0.2) is 55.0 Å². The van der Waals surface area contributed by atoms with Crippen LogP contribution in [0.5, 0.6) is 0 Å². The molecule has 0 radical (unpaired) electrons. The van der Waals surface area contributed by atoms with Crippen LogP contribution in [0.25, 0.3) is 22.3 Å². The fourth-order valence-corrected chi connectivity index (χ4v) is 4.21. The molecule has 1 aliphatic heterocycles. The van der Waals surface area contributed by atoms with Gasteiger partial charge in [-0.15, -0.1) is 0 Å². The smallest absolute Gasteiger partial charge is 0.253 e. The molecular formula is C27H30ClN3O2. The van der Waals surface area contributed by atoms with E-state index in [1.807, 2.05) is 24.5 Å². The molecule has 0 bridgehead atoms. The number of benzene rings is 1. The lowest BCUT2D eigenvalue weighted by Gasteiger charge is -2.45. The normalized spacial score (nSPS) is 14.8. The van der Waals surface area contributed by atoms with Gasteiger partial charge in [0.15, 0.2) is 0 Å². The van der Waals surface area contributed by atoms with Crippen LogP contribution in [0.4, 0.5) is 0 Å². The molecule has 1 aromatic carbocycles. The molecule has 0 unspecified atom stereocenters. The van der Waals surface area contributed by atoms with Crippen LogP contribution in [-0.2, 0) is 5.41 Å². The summed E-state index contributed by atoms with van der Waals surface area (Å²) in [5, 5.41) is 10.6. The second kappa shape index (κ2) is 8.54. The highest BCUT2D eigenvalue weighted by atomic mass is 35.5. The number of carbonyl (C=O) groups excluding carboxylic acids is 1. The summed E-state index contributed by atoms with van der Waals surface area (Å²) in [4.78, 5) is 23.5. The Labute approximate surface area is 200 Å². The van der Waals surface area contributed by atoms with Crippen molar-refractivity contribution in [3.8, 4) is 22.3 Å². The molecule has 172 valence electrons. The summed E-state index contributed by atoms with van der Waals surface area (Å²) in [6.45, 7) is 11.1. The summed E-state index contributed by atoms with van der Waals surface area (Å²) in [5.74, 6) is 0.0271. The molecule has 6 heteroatoms. The van der Waals surface area contributed by atoms with E-state index >= 15 is 0 Å². The van der Waals surface area contributed by atoms with E-state index in [0.717, 1.165) is 27.9 Å². The monoisotopic (exact) mass is 463 g/mol. The van der Waals surface area contributed by atoms with Crippen LogP contribution in [0.3, 0.4) is 0 Å². The lowest BCUT2D eigenvalue weighted by molar-refractivity contribution is -0.0507. The topological polar surface area (TPSA) is 66.3 Å². The highest BCUT2D eigenvalue weighted by Crippen LogP contribution is 2.33. The first kappa shape index (κ1) is 23.4. The van der Waals surface area contributed by atoms with Gasteiger partial charge in [-0.25, -0.2) is 0 Å². The molecule has 1 saturated heterocycles. The minimum Gasteiger partial charge on any atom is -0.390 e. The summed E-state index contributed by atoms with van der Waals surface area (Å²) < 4.78 is 0. The Hall–Kier alpha value is -2.76. The van der Waals surface area contributed by atoms with Gasteiger partial charge >= 0.3 is 0 Å². The third-order valence-corrected chi connectivity index (χ3v) is 6.61. The molecule has 1 fully saturated rings. The molecule has 4 rings (SSSR count). The lowest BCUT2D eigenvalue weighted by atomic mass is 9.84. The van der Waals surface area contributed by atoms with E-state index in [1.165, 1.54) is 0 Å². The predicted molar refractivity (Wildman–Crippen MR) is 132 cm³/mol. The van der Waals surface area contributed by atoms with Gasteiger partial charge in [0, 0.05) is 76.0 Å². The number of hydrogen-bond acceptors (Lipinski definition) is 4. The fourth-order valence-electron chi connectivity index (χ4n) is 3.92. The second-order valence-corrected chi connectivity index (χ2v) is 10.8. The van der Waals surface area contributed by atoms with Crippen LogP contribution in [-0.4, -0.2) is 44.6 Å². The average molecular weight is 464 g/mol. The molecule has 3 aromatic rings. The zero-order valence-electron chi connectivity index (χ0n) is 19.8. The molecule has 0 spiro atoms. The number of aliphatic hydroxyl groups is 1. The standard InChI is InChI=1S/C27H30ClN3O2/c1-26(2,3)24-12-17(8-9-30-24)19-10-20(14-29-13-19)22-7-6-18(11-23(22)28)25(32)31-15-21(16-31)27(4,5)33/h6-14,21,33H,15-16H2,1-5H3. The van der Waals surface area contributed by atoms with Crippen molar-refractivity contribution in [2.24, 2.45) is 5.92 Å². The fraction of sp³-hybridized carbons (Fsp3) is 0.370. The minimum absolute atomic E-state index is 0.0455. The van der Waals surface area contributed by atoms with Gasteiger partial charge in [0.25, 0.3) is 5.91 Å². The Morgan fingerprint density at radius 3 is 2.33 bits per heavy atom. The molecule has 1 aliphatic rings. The van der Waals surface area contributed by atoms with E-state index in [1.54, 1.807) is 37.1 Å². The van der Waals surface area contributed by atoms with Crippen LogP contribution < -0.4 is 0 Å². The maximum Gasteiger partial charge on any atom is 0.253 e.